The number of carboxylic acid groups (broad SMARTS) is 1. The fraction of sp³-hybridized carbons (Fsp3) is 0.208. The molecule has 6 nitrogen and oxygen atoms in total. The van der Waals surface area contributed by atoms with Crippen molar-refractivity contribution in [2.45, 2.75) is 20.4 Å². The zero-order valence-electron chi connectivity index (χ0n) is 17.0. The maximum absolute atomic E-state index is 12.2. The molecule has 0 atom stereocenters. The number of pyridine rings is 1. The lowest BCUT2D eigenvalue weighted by Crippen LogP contribution is -2.31. The van der Waals surface area contributed by atoms with Gasteiger partial charge in [-0.1, -0.05) is 37.3 Å². The van der Waals surface area contributed by atoms with Gasteiger partial charge in [-0.2, -0.15) is 0 Å². The van der Waals surface area contributed by atoms with E-state index in [1.807, 2.05) is 54.6 Å². The van der Waals surface area contributed by atoms with E-state index in [4.69, 9.17) is 4.98 Å². The van der Waals surface area contributed by atoms with Gasteiger partial charge in [-0.05, 0) is 42.0 Å². The Morgan fingerprint density at radius 3 is 2.53 bits per heavy atom. The summed E-state index contributed by atoms with van der Waals surface area (Å²) in [4.78, 5) is 30.5. The second-order valence-corrected chi connectivity index (χ2v) is 7.41. The third-order valence-corrected chi connectivity index (χ3v) is 5.31. The Bertz CT molecular complexity index is 1170. The minimum Gasteiger partial charge on any atom is -0.478 e. The number of para-hydroxylation sites is 1. The number of carboxylic acids is 1. The zero-order chi connectivity index (χ0) is 21.3. The molecule has 0 radical (unpaired) electrons. The van der Waals surface area contributed by atoms with Crippen LogP contribution in [0.4, 0.5) is 5.69 Å². The molecule has 152 valence electrons. The average molecular weight is 401 g/mol. The fourth-order valence-electron chi connectivity index (χ4n) is 3.92. The molecule has 0 fully saturated rings. The number of anilines is 1. The molecular weight excluding hydrogens is 378 g/mol. The van der Waals surface area contributed by atoms with Crippen molar-refractivity contribution in [1.29, 1.82) is 0 Å². The molecule has 1 amide bonds. The Labute approximate surface area is 174 Å². The van der Waals surface area contributed by atoms with Crippen molar-refractivity contribution in [2.24, 2.45) is 0 Å². The number of amides is 1. The Morgan fingerprint density at radius 1 is 1.13 bits per heavy atom. The van der Waals surface area contributed by atoms with Crippen molar-refractivity contribution in [3.05, 3.63) is 70.9 Å². The lowest BCUT2D eigenvalue weighted by molar-refractivity contribution is -0.114. The van der Waals surface area contributed by atoms with Gasteiger partial charge in [-0.15, -0.1) is 0 Å². The first-order chi connectivity index (χ1) is 14.5. The van der Waals surface area contributed by atoms with Crippen LogP contribution >= 0.6 is 0 Å². The van der Waals surface area contributed by atoms with Crippen molar-refractivity contribution in [1.82, 2.24) is 9.88 Å². The predicted molar refractivity (Wildman–Crippen MR) is 118 cm³/mol. The molecule has 0 saturated heterocycles. The van der Waals surface area contributed by atoms with Crippen LogP contribution in [0.5, 0.6) is 0 Å². The quantitative estimate of drug-likeness (QED) is 0.682. The third kappa shape index (κ3) is 3.82. The van der Waals surface area contributed by atoms with Gasteiger partial charge in [0.1, 0.15) is 0 Å². The predicted octanol–water partition coefficient (Wildman–Crippen LogP) is 4.27. The highest BCUT2D eigenvalue weighted by molar-refractivity contribution is 6.06. The van der Waals surface area contributed by atoms with E-state index in [0.29, 0.717) is 29.6 Å². The molecular formula is C24H23N3O3. The van der Waals surface area contributed by atoms with Crippen LogP contribution in [0.2, 0.25) is 0 Å². The second-order valence-electron chi connectivity index (χ2n) is 7.41. The van der Waals surface area contributed by atoms with E-state index in [0.717, 1.165) is 34.6 Å². The summed E-state index contributed by atoms with van der Waals surface area (Å²) in [5.74, 6) is -1.04. The van der Waals surface area contributed by atoms with Crippen molar-refractivity contribution < 1.29 is 14.7 Å². The van der Waals surface area contributed by atoms with E-state index >= 15 is 0 Å². The summed E-state index contributed by atoms with van der Waals surface area (Å²) >= 11 is 0. The minimum atomic E-state index is -0.929. The highest BCUT2D eigenvalue weighted by Gasteiger charge is 2.27. The first-order valence-electron chi connectivity index (χ1n) is 9.92. The maximum atomic E-state index is 12.2. The number of hydrogen-bond acceptors (Lipinski definition) is 4. The Morgan fingerprint density at radius 2 is 1.87 bits per heavy atom. The zero-order valence-corrected chi connectivity index (χ0v) is 17.0. The number of benzene rings is 2. The molecule has 30 heavy (non-hydrogen) atoms. The van der Waals surface area contributed by atoms with Gasteiger partial charge in [0.05, 0.1) is 16.8 Å². The molecule has 6 heteroatoms. The number of fused-ring (bicyclic) bond motifs is 2. The monoisotopic (exact) mass is 401 g/mol. The highest BCUT2D eigenvalue weighted by Crippen LogP contribution is 2.34. The standard InChI is InChI=1S/C24H23N3O3/c1-3-27-13-17(12-16-8-10-18(11-9-16)25-15(2)28)23-20(14-27)22(24(29)30)19-6-4-5-7-21(19)26-23/h4-12H,3,13-14H2,1-2H3,(H,25,28)(H,29,30)/b17-12-. The van der Waals surface area contributed by atoms with Gasteiger partial charge >= 0.3 is 5.97 Å². The van der Waals surface area contributed by atoms with Gasteiger partial charge in [0, 0.05) is 36.7 Å². The number of nitrogens with zero attached hydrogens (tertiary/aromatic N) is 2. The molecule has 1 aliphatic heterocycles. The van der Waals surface area contributed by atoms with Gasteiger partial charge in [0.15, 0.2) is 0 Å². The Balaban J connectivity index is 1.86. The molecule has 4 rings (SSSR count). The lowest BCUT2D eigenvalue weighted by Gasteiger charge is -2.30. The first-order valence-corrected chi connectivity index (χ1v) is 9.92. The maximum Gasteiger partial charge on any atom is 0.336 e. The van der Waals surface area contributed by atoms with Crippen LogP contribution in [0.25, 0.3) is 22.6 Å². The molecule has 0 saturated carbocycles. The van der Waals surface area contributed by atoms with E-state index in [-0.39, 0.29) is 5.91 Å². The Hall–Kier alpha value is -3.51. The molecule has 1 aliphatic rings. The number of aromatic nitrogens is 1. The summed E-state index contributed by atoms with van der Waals surface area (Å²) in [5, 5.41) is 13.4. The summed E-state index contributed by atoms with van der Waals surface area (Å²) in [6.07, 6.45) is 2.05. The largest absolute Gasteiger partial charge is 0.478 e. The van der Waals surface area contributed by atoms with Crippen LogP contribution in [-0.2, 0) is 11.3 Å². The van der Waals surface area contributed by atoms with Crippen molar-refractivity contribution in [3.8, 4) is 0 Å². The van der Waals surface area contributed by atoms with E-state index in [9.17, 15) is 14.7 Å². The fourth-order valence-corrected chi connectivity index (χ4v) is 3.92. The number of hydrogen-bond donors (Lipinski definition) is 2. The number of nitrogens with one attached hydrogen (secondary N) is 1. The summed E-state index contributed by atoms with van der Waals surface area (Å²) in [7, 11) is 0. The molecule has 2 aromatic carbocycles. The van der Waals surface area contributed by atoms with Gasteiger partial charge < -0.3 is 10.4 Å². The van der Waals surface area contributed by atoms with Crippen LogP contribution in [0.1, 0.15) is 41.0 Å². The molecule has 0 spiro atoms. The normalized spacial score (nSPS) is 15.2. The van der Waals surface area contributed by atoms with Crippen molar-refractivity contribution in [2.75, 3.05) is 18.4 Å². The molecule has 0 bridgehead atoms. The molecule has 2 N–H and O–H groups in total. The third-order valence-electron chi connectivity index (χ3n) is 5.31. The van der Waals surface area contributed by atoms with Crippen LogP contribution < -0.4 is 5.32 Å². The van der Waals surface area contributed by atoms with Crippen LogP contribution in [0, 0.1) is 0 Å². The number of likely N-dealkylation sites (N-methyl/N-ethyl adjacent to an activating group) is 1. The van der Waals surface area contributed by atoms with Gasteiger partial charge in [-0.3, -0.25) is 9.69 Å². The van der Waals surface area contributed by atoms with Crippen LogP contribution in [0.15, 0.2) is 48.5 Å². The van der Waals surface area contributed by atoms with Gasteiger partial charge in [0.2, 0.25) is 5.91 Å². The van der Waals surface area contributed by atoms with Gasteiger partial charge in [-0.25, -0.2) is 9.78 Å². The van der Waals surface area contributed by atoms with E-state index < -0.39 is 5.97 Å². The Kier molecular flexibility index (Phi) is 5.33. The first kappa shape index (κ1) is 19.8. The summed E-state index contributed by atoms with van der Waals surface area (Å²) in [5.41, 5.74) is 5.22. The molecule has 0 aliphatic carbocycles. The average Bonchev–Trinajstić information content (AvgIpc) is 2.72. The summed E-state index contributed by atoms with van der Waals surface area (Å²) in [6.45, 7) is 5.61. The smallest absolute Gasteiger partial charge is 0.336 e. The number of carbonyl (C=O) groups excluding carboxylic acids is 1. The molecule has 2 heterocycles. The molecule has 3 aromatic rings. The van der Waals surface area contributed by atoms with E-state index in [1.165, 1.54) is 6.92 Å². The second kappa shape index (κ2) is 8.08. The lowest BCUT2D eigenvalue weighted by atomic mass is 9.92. The number of rotatable bonds is 4. The minimum absolute atomic E-state index is 0.113. The molecule has 0 unspecified atom stereocenters. The van der Waals surface area contributed by atoms with Gasteiger partial charge in [0.25, 0.3) is 0 Å². The van der Waals surface area contributed by atoms with Crippen LogP contribution in [-0.4, -0.2) is 40.0 Å². The number of aromatic carboxylic acids is 1. The van der Waals surface area contributed by atoms with Crippen molar-refractivity contribution in [3.63, 3.8) is 0 Å². The van der Waals surface area contributed by atoms with E-state index in [1.54, 1.807) is 0 Å². The summed E-state index contributed by atoms with van der Waals surface area (Å²) < 4.78 is 0. The summed E-state index contributed by atoms with van der Waals surface area (Å²) in [6, 6.07) is 15.0. The van der Waals surface area contributed by atoms with E-state index in [2.05, 4.69) is 17.1 Å². The topological polar surface area (TPSA) is 82.5 Å². The SMILES string of the molecule is CCN1C/C(=C/c2ccc(NC(C)=O)cc2)c2nc3ccccc3c(C(=O)O)c2C1. The molecule has 1 aromatic heterocycles. The number of carbonyl (C=O) groups is 2. The highest BCUT2D eigenvalue weighted by atomic mass is 16.4. The van der Waals surface area contributed by atoms with Crippen LogP contribution in [0.3, 0.4) is 0 Å². The van der Waals surface area contributed by atoms with Crippen molar-refractivity contribution >= 4 is 40.1 Å².